The Morgan fingerprint density at radius 3 is 2.78 bits per heavy atom. The first-order valence-corrected chi connectivity index (χ1v) is 5.69. The van der Waals surface area contributed by atoms with Crippen LogP contribution in [0.2, 0.25) is 0 Å². The molecule has 0 saturated carbocycles. The summed E-state index contributed by atoms with van der Waals surface area (Å²) in [5.74, 6) is -0.327. The second-order valence-electron chi connectivity index (χ2n) is 3.93. The van der Waals surface area contributed by atoms with Gasteiger partial charge in [0.05, 0.1) is 13.3 Å². The van der Waals surface area contributed by atoms with E-state index in [-0.39, 0.29) is 5.75 Å². The van der Waals surface area contributed by atoms with Crippen molar-refractivity contribution >= 4 is 0 Å². The van der Waals surface area contributed by atoms with Crippen LogP contribution in [0.4, 0.5) is 4.39 Å². The molecule has 0 bridgehead atoms. The topological polar surface area (TPSA) is 47.3 Å². The molecular formula is C13H15FN2O2. The highest BCUT2D eigenvalue weighted by Gasteiger charge is 2.14. The Kier molecular flexibility index (Phi) is 3.62. The molecule has 0 spiro atoms. The van der Waals surface area contributed by atoms with Crippen molar-refractivity contribution in [2.24, 2.45) is 0 Å². The largest absolute Gasteiger partial charge is 0.494 e. The van der Waals surface area contributed by atoms with Gasteiger partial charge in [-0.05, 0) is 24.6 Å². The Labute approximate surface area is 105 Å². The van der Waals surface area contributed by atoms with Gasteiger partial charge in [-0.2, -0.15) is 5.10 Å². The number of aliphatic hydroxyl groups excluding tert-OH is 1. The van der Waals surface area contributed by atoms with E-state index in [2.05, 4.69) is 5.10 Å². The first-order chi connectivity index (χ1) is 8.65. The third-order valence-electron chi connectivity index (χ3n) is 2.78. The summed E-state index contributed by atoms with van der Waals surface area (Å²) in [6, 6.07) is 4.40. The molecule has 0 radical (unpaired) electrons. The number of aryl methyl sites for hydroxylation is 1. The zero-order valence-corrected chi connectivity index (χ0v) is 10.3. The number of halogens is 1. The number of aliphatic hydroxyl groups is 1. The predicted octanol–water partition coefficient (Wildman–Crippen LogP) is 2.13. The summed E-state index contributed by atoms with van der Waals surface area (Å²) in [4.78, 5) is 0. The van der Waals surface area contributed by atoms with Gasteiger partial charge in [-0.25, -0.2) is 4.39 Å². The molecule has 1 heterocycles. The maximum Gasteiger partial charge on any atom is 0.165 e. The van der Waals surface area contributed by atoms with Gasteiger partial charge in [0.25, 0.3) is 0 Å². The van der Waals surface area contributed by atoms with Crippen LogP contribution in [0.25, 0.3) is 0 Å². The van der Waals surface area contributed by atoms with Gasteiger partial charge in [0.1, 0.15) is 6.10 Å². The molecule has 18 heavy (non-hydrogen) atoms. The van der Waals surface area contributed by atoms with Crippen molar-refractivity contribution in [2.45, 2.75) is 19.6 Å². The quantitative estimate of drug-likeness (QED) is 0.904. The van der Waals surface area contributed by atoms with Crippen molar-refractivity contribution in [1.29, 1.82) is 0 Å². The molecule has 5 heteroatoms. The van der Waals surface area contributed by atoms with Crippen LogP contribution < -0.4 is 4.74 Å². The van der Waals surface area contributed by atoms with Crippen LogP contribution in [0.3, 0.4) is 0 Å². The van der Waals surface area contributed by atoms with Gasteiger partial charge < -0.3 is 9.84 Å². The van der Waals surface area contributed by atoms with Crippen molar-refractivity contribution in [2.75, 3.05) is 7.11 Å². The Balaban J connectivity index is 2.27. The molecule has 1 N–H and O–H groups in total. The first kappa shape index (κ1) is 12.6. The van der Waals surface area contributed by atoms with E-state index in [0.717, 1.165) is 6.54 Å². The fourth-order valence-electron chi connectivity index (χ4n) is 1.74. The van der Waals surface area contributed by atoms with Crippen LogP contribution in [-0.4, -0.2) is 22.0 Å². The maximum absolute atomic E-state index is 13.5. The lowest BCUT2D eigenvalue weighted by Gasteiger charge is -2.10. The van der Waals surface area contributed by atoms with Crippen molar-refractivity contribution in [3.8, 4) is 5.75 Å². The number of ether oxygens (including phenoxy) is 1. The van der Waals surface area contributed by atoms with Crippen molar-refractivity contribution in [3.05, 3.63) is 47.5 Å². The molecule has 1 aromatic carbocycles. The van der Waals surface area contributed by atoms with Crippen LogP contribution in [0.15, 0.2) is 30.6 Å². The van der Waals surface area contributed by atoms with Gasteiger partial charge in [0.15, 0.2) is 11.6 Å². The SMILES string of the molecule is CCn1cc(C(O)c2ccc(OC)c(F)c2)cn1. The van der Waals surface area contributed by atoms with Gasteiger partial charge in [-0.15, -0.1) is 0 Å². The summed E-state index contributed by atoms with van der Waals surface area (Å²) >= 11 is 0. The van der Waals surface area contributed by atoms with E-state index in [4.69, 9.17) is 4.74 Å². The summed E-state index contributed by atoms with van der Waals surface area (Å²) < 4.78 is 20.1. The lowest BCUT2D eigenvalue weighted by Crippen LogP contribution is -2.00. The van der Waals surface area contributed by atoms with E-state index in [0.29, 0.717) is 11.1 Å². The molecule has 2 rings (SSSR count). The van der Waals surface area contributed by atoms with E-state index in [1.165, 1.54) is 19.2 Å². The van der Waals surface area contributed by atoms with Crippen LogP contribution in [0.5, 0.6) is 5.75 Å². The minimum absolute atomic E-state index is 0.162. The zero-order chi connectivity index (χ0) is 13.1. The Bertz CT molecular complexity index is 540. The molecule has 1 aromatic heterocycles. The Morgan fingerprint density at radius 2 is 2.22 bits per heavy atom. The smallest absolute Gasteiger partial charge is 0.165 e. The number of hydrogen-bond acceptors (Lipinski definition) is 3. The molecule has 1 unspecified atom stereocenters. The molecule has 96 valence electrons. The fraction of sp³-hybridized carbons (Fsp3) is 0.308. The third kappa shape index (κ3) is 2.36. The Morgan fingerprint density at radius 1 is 1.44 bits per heavy atom. The minimum Gasteiger partial charge on any atom is -0.494 e. The summed E-state index contributed by atoms with van der Waals surface area (Å²) in [5, 5.41) is 14.2. The van der Waals surface area contributed by atoms with E-state index in [1.54, 1.807) is 23.1 Å². The van der Waals surface area contributed by atoms with E-state index >= 15 is 0 Å². The lowest BCUT2D eigenvalue weighted by atomic mass is 10.0. The van der Waals surface area contributed by atoms with E-state index < -0.39 is 11.9 Å². The van der Waals surface area contributed by atoms with E-state index in [1.807, 2.05) is 6.92 Å². The zero-order valence-electron chi connectivity index (χ0n) is 10.3. The van der Waals surface area contributed by atoms with Crippen molar-refractivity contribution in [3.63, 3.8) is 0 Å². The molecule has 4 nitrogen and oxygen atoms in total. The normalized spacial score (nSPS) is 12.4. The molecule has 2 aromatic rings. The average Bonchev–Trinajstić information content (AvgIpc) is 2.86. The second kappa shape index (κ2) is 5.18. The van der Waals surface area contributed by atoms with Crippen LogP contribution in [0, 0.1) is 5.82 Å². The first-order valence-electron chi connectivity index (χ1n) is 5.69. The second-order valence-corrected chi connectivity index (χ2v) is 3.93. The number of methoxy groups -OCH3 is 1. The average molecular weight is 250 g/mol. The summed E-state index contributed by atoms with van der Waals surface area (Å²) in [6.07, 6.45) is 2.44. The standard InChI is InChI=1S/C13H15FN2O2/c1-3-16-8-10(7-15-16)13(17)9-4-5-12(18-2)11(14)6-9/h4-8,13,17H,3H2,1-2H3. The summed E-state index contributed by atoms with van der Waals surface area (Å²) in [6.45, 7) is 2.68. The van der Waals surface area contributed by atoms with Gasteiger partial charge in [0.2, 0.25) is 0 Å². The highest BCUT2D eigenvalue weighted by molar-refractivity contribution is 5.34. The number of hydrogen-bond donors (Lipinski definition) is 1. The highest BCUT2D eigenvalue weighted by atomic mass is 19.1. The summed E-state index contributed by atoms with van der Waals surface area (Å²) in [7, 11) is 1.40. The summed E-state index contributed by atoms with van der Waals surface area (Å²) in [5.41, 5.74) is 1.12. The fourth-order valence-corrected chi connectivity index (χ4v) is 1.74. The van der Waals surface area contributed by atoms with Gasteiger partial charge in [-0.1, -0.05) is 6.07 Å². The van der Waals surface area contributed by atoms with E-state index in [9.17, 15) is 9.50 Å². The van der Waals surface area contributed by atoms with Gasteiger partial charge >= 0.3 is 0 Å². The lowest BCUT2D eigenvalue weighted by molar-refractivity contribution is 0.219. The van der Waals surface area contributed by atoms with Gasteiger partial charge in [0, 0.05) is 18.3 Å². The number of nitrogens with zero attached hydrogens (tertiary/aromatic N) is 2. The molecule has 0 aliphatic carbocycles. The van der Waals surface area contributed by atoms with Crippen LogP contribution >= 0.6 is 0 Å². The highest BCUT2D eigenvalue weighted by Crippen LogP contribution is 2.25. The van der Waals surface area contributed by atoms with Crippen molar-refractivity contribution < 1.29 is 14.2 Å². The molecular weight excluding hydrogens is 235 g/mol. The van der Waals surface area contributed by atoms with Crippen molar-refractivity contribution in [1.82, 2.24) is 9.78 Å². The van der Waals surface area contributed by atoms with Crippen LogP contribution in [0.1, 0.15) is 24.2 Å². The molecule has 0 aliphatic heterocycles. The molecule has 0 amide bonds. The van der Waals surface area contributed by atoms with Crippen LogP contribution in [-0.2, 0) is 6.54 Å². The van der Waals surface area contributed by atoms with Gasteiger partial charge in [-0.3, -0.25) is 4.68 Å². The predicted molar refractivity (Wildman–Crippen MR) is 64.9 cm³/mol. The molecule has 0 aliphatic rings. The minimum atomic E-state index is -0.884. The molecule has 1 atom stereocenters. The number of rotatable bonds is 4. The molecule has 0 fully saturated rings. The monoisotopic (exact) mass is 250 g/mol. The number of benzene rings is 1. The maximum atomic E-state index is 13.5. The Hall–Kier alpha value is -1.88. The number of aromatic nitrogens is 2. The third-order valence-corrected chi connectivity index (χ3v) is 2.78. The molecule has 0 saturated heterocycles.